The quantitative estimate of drug-likeness (QED) is 0.436. The van der Waals surface area contributed by atoms with Gasteiger partial charge in [-0.2, -0.15) is 0 Å². The molecule has 2 saturated heterocycles. The van der Waals surface area contributed by atoms with Crippen molar-refractivity contribution in [1.29, 1.82) is 0 Å². The molecule has 1 N–H and O–H groups in total. The van der Waals surface area contributed by atoms with E-state index in [0.29, 0.717) is 19.0 Å². The molecule has 2 aliphatic rings. The maximum absolute atomic E-state index is 12.4. The lowest BCUT2D eigenvalue weighted by Crippen LogP contribution is -2.47. The van der Waals surface area contributed by atoms with Crippen LogP contribution in [-0.4, -0.2) is 79.8 Å². The number of aliphatic imine (C=N–C) groups is 1. The average Bonchev–Trinajstić information content (AvgIpc) is 2.69. The van der Waals surface area contributed by atoms with Crippen LogP contribution in [0, 0.1) is 11.8 Å². The highest BCUT2D eigenvalue weighted by molar-refractivity contribution is 5.80. The van der Waals surface area contributed by atoms with Crippen LogP contribution in [0.4, 0.5) is 4.79 Å². The van der Waals surface area contributed by atoms with Gasteiger partial charge in [0.25, 0.3) is 0 Å². The van der Waals surface area contributed by atoms with Gasteiger partial charge in [-0.1, -0.05) is 0 Å². The third kappa shape index (κ3) is 7.40. The molecule has 166 valence electrons. The molecule has 0 spiro atoms. The summed E-state index contributed by atoms with van der Waals surface area (Å²) in [4.78, 5) is 33.0. The van der Waals surface area contributed by atoms with Crippen molar-refractivity contribution in [2.45, 2.75) is 59.0 Å². The van der Waals surface area contributed by atoms with Crippen molar-refractivity contribution in [1.82, 2.24) is 15.1 Å². The van der Waals surface area contributed by atoms with Gasteiger partial charge in [-0.25, -0.2) is 4.79 Å². The third-order valence-electron chi connectivity index (χ3n) is 5.33. The molecule has 0 aliphatic carbocycles. The van der Waals surface area contributed by atoms with Crippen LogP contribution in [0.25, 0.3) is 0 Å². The van der Waals surface area contributed by atoms with Gasteiger partial charge in [-0.3, -0.25) is 9.79 Å². The van der Waals surface area contributed by atoms with Crippen LogP contribution in [0.2, 0.25) is 0 Å². The van der Waals surface area contributed by atoms with Crippen molar-refractivity contribution in [2.24, 2.45) is 16.8 Å². The van der Waals surface area contributed by atoms with E-state index in [9.17, 15) is 9.59 Å². The molecule has 1 atom stereocenters. The molecule has 0 bridgehead atoms. The molecule has 2 rings (SSSR count). The number of methoxy groups -OCH3 is 1. The highest BCUT2D eigenvalue weighted by Crippen LogP contribution is 2.21. The van der Waals surface area contributed by atoms with E-state index in [-0.39, 0.29) is 18.0 Å². The lowest BCUT2D eigenvalue weighted by molar-refractivity contribution is -0.146. The number of amides is 1. The van der Waals surface area contributed by atoms with Crippen molar-refractivity contribution < 1.29 is 19.1 Å². The van der Waals surface area contributed by atoms with E-state index in [1.807, 2.05) is 25.7 Å². The van der Waals surface area contributed by atoms with Gasteiger partial charge in [-0.15, -0.1) is 0 Å². The Morgan fingerprint density at radius 1 is 1.10 bits per heavy atom. The lowest BCUT2D eigenvalue weighted by atomic mass is 9.97. The van der Waals surface area contributed by atoms with Crippen LogP contribution < -0.4 is 5.32 Å². The smallest absolute Gasteiger partial charge is 0.410 e. The Morgan fingerprint density at radius 3 is 2.38 bits per heavy atom. The van der Waals surface area contributed by atoms with Gasteiger partial charge < -0.3 is 24.6 Å². The summed E-state index contributed by atoms with van der Waals surface area (Å²) in [7, 11) is 1.45. The van der Waals surface area contributed by atoms with Crippen molar-refractivity contribution in [3.05, 3.63) is 0 Å². The molecule has 29 heavy (non-hydrogen) atoms. The van der Waals surface area contributed by atoms with Crippen molar-refractivity contribution in [2.75, 3.05) is 46.4 Å². The molecule has 2 fully saturated rings. The zero-order valence-corrected chi connectivity index (χ0v) is 18.7. The van der Waals surface area contributed by atoms with Gasteiger partial charge in [0.15, 0.2) is 5.96 Å². The molecule has 2 aliphatic heterocycles. The van der Waals surface area contributed by atoms with Crippen LogP contribution in [-0.2, 0) is 14.3 Å². The molecule has 0 aromatic rings. The van der Waals surface area contributed by atoms with E-state index in [1.165, 1.54) is 7.11 Å². The molecule has 0 aromatic heterocycles. The Balaban J connectivity index is 1.91. The second kappa shape index (κ2) is 10.7. The van der Waals surface area contributed by atoms with Gasteiger partial charge in [0, 0.05) is 39.3 Å². The number of carbonyl (C=O) groups is 2. The van der Waals surface area contributed by atoms with E-state index in [4.69, 9.17) is 14.5 Å². The summed E-state index contributed by atoms with van der Waals surface area (Å²) in [6.45, 7) is 12.2. The van der Waals surface area contributed by atoms with Gasteiger partial charge in [0.2, 0.25) is 0 Å². The average molecular weight is 411 g/mol. The maximum atomic E-state index is 12.4. The zero-order valence-electron chi connectivity index (χ0n) is 18.7. The Morgan fingerprint density at radius 2 is 1.79 bits per heavy atom. The minimum atomic E-state index is -0.475. The summed E-state index contributed by atoms with van der Waals surface area (Å²) < 4.78 is 10.4. The minimum absolute atomic E-state index is 0.0140. The number of piperidine rings is 2. The number of hydrogen-bond acceptors (Lipinski definition) is 5. The molecular weight excluding hydrogens is 372 g/mol. The number of carbonyl (C=O) groups excluding carboxylic acids is 2. The lowest BCUT2D eigenvalue weighted by Gasteiger charge is -2.35. The summed E-state index contributed by atoms with van der Waals surface area (Å²) in [5.74, 6) is 1.10. The van der Waals surface area contributed by atoms with E-state index in [1.54, 1.807) is 0 Å². The summed E-state index contributed by atoms with van der Waals surface area (Å²) in [5, 5.41) is 3.37. The standard InChI is InChI=1S/C21H38N4O4/c1-6-22-19(24-12-9-17(10-13-24)18(26)28-5)23-14-16-8-7-11-25(15-16)20(27)29-21(2,3)4/h16-17H,6-15H2,1-5H3,(H,22,23). The number of hydrogen-bond donors (Lipinski definition) is 1. The van der Waals surface area contributed by atoms with Crippen LogP contribution in [0.15, 0.2) is 4.99 Å². The Kier molecular flexibility index (Phi) is 8.59. The van der Waals surface area contributed by atoms with E-state index in [2.05, 4.69) is 17.1 Å². The summed E-state index contributed by atoms with van der Waals surface area (Å²) in [5.41, 5.74) is -0.475. The topological polar surface area (TPSA) is 83.5 Å². The van der Waals surface area contributed by atoms with Crippen LogP contribution in [0.1, 0.15) is 53.4 Å². The maximum Gasteiger partial charge on any atom is 0.410 e. The number of rotatable bonds is 4. The van der Waals surface area contributed by atoms with Crippen LogP contribution >= 0.6 is 0 Å². The highest BCUT2D eigenvalue weighted by Gasteiger charge is 2.29. The SMILES string of the molecule is CCNC(=NCC1CCCN(C(=O)OC(C)(C)C)C1)N1CCC(C(=O)OC)CC1. The number of ether oxygens (including phenoxy) is 2. The van der Waals surface area contributed by atoms with E-state index >= 15 is 0 Å². The van der Waals surface area contributed by atoms with Gasteiger partial charge in [0.1, 0.15) is 5.60 Å². The second-order valence-electron chi connectivity index (χ2n) is 8.91. The van der Waals surface area contributed by atoms with Crippen molar-refractivity contribution >= 4 is 18.0 Å². The first-order valence-corrected chi connectivity index (χ1v) is 10.8. The highest BCUT2D eigenvalue weighted by atomic mass is 16.6. The van der Waals surface area contributed by atoms with Gasteiger partial charge in [-0.05, 0) is 59.3 Å². The second-order valence-corrected chi connectivity index (χ2v) is 8.91. The van der Waals surface area contributed by atoms with Crippen molar-refractivity contribution in [3.8, 4) is 0 Å². The molecule has 1 unspecified atom stereocenters. The number of nitrogens with one attached hydrogen (secondary N) is 1. The van der Waals surface area contributed by atoms with Gasteiger partial charge >= 0.3 is 12.1 Å². The van der Waals surface area contributed by atoms with Gasteiger partial charge in [0.05, 0.1) is 13.0 Å². The Hall–Kier alpha value is -1.99. The fraction of sp³-hybridized carbons (Fsp3) is 0.857. The first-order chi connectivity index (χ1) is 13.7. The Bertz CT molecular complexity index is 580. The number of nitrogens with zero attached hydrogens (tertiary/aromatic N) is 3. The number of likely N-dealkylation sites (tertiary alicyclic amines) is 2. The van der Waals surface area contributed by atoms with E-state index in [0.717, 1.165) is 57.8 Å². The fourth-order valence-electron chi connectivity index (χ4n) is 3.84. The van der Waals surface area contributed by atoms with Crippen LogP contribution in [0.5, 0.6) is 0 Å². The molecule has 1 amide bonds. The predicted molar refractivity (Wildman–Crippen MR) is 113 cm³/mol. The summed E-state index contributed by atoms with van der Waals surface area (Å²) >= 11 is 0. The number of esters is 1. The van der Waals surface area contributed by atoms with E-state index < -0.39 is 5.60 Å². The molecule has 2 heterocycles. The minimum Gasteiger partial charge on any atom is -0.469 e. The van der Waals surface area contributed by atoms with Crippen LogP contribution in [0.3, 0.4) is 0 Å². The monoisotopic (exact) mass is 410 g/mol. The Labute approximate surface area is 175 Å². The number of guanidine groups is 1. The summed E-state index contributed by atoms with van der Waals surface area (Å²) in [6.07, 6.45) is 3.37. The summed E-state index contributed by atoms with van der Waals surface area (Å²) in [6, 6.07) is 0. The molecular formula is C21H38N4O4. The molecule has 0 radical (unpaired) electrons. The first kappa shape index (κ1) is 23.3. The zero-order chi connectivity index (χ0) is 21.4. The fourth-order valence-corrected chi connectivity index (χ4v) is 3.84. The first-order valence-electron chi connectivity index (χ1n) is 10.8. The molecule has 8 heteroatoms. The normalized spacial score (nSPS) is 21.7. The molecule has 8 nitrogen and oxygen atoms in total. The molecule has 0 saturated carbocycles. The predicted octanol–water partition coefficient (Wildman–Crippen LogP) is 2.48. The third-order valence-corrected chi connectivity index (χ3v) is 5.33. The van der Waals surface area contributed by atoms with Crippen molar-refractivity contribution in [3.63, 3.8) is 0 Å². The molecule has 0 aromatic carbocycles. The largest absolute Gasteiger partial charge is 0.469 e.